The highest BCUT2D eigenvalue weighted by molar-refractivity contribution is 5.63. The van der Waals surface area contributed by atoms with Gasteiger partial charge in [0.05, 0.1) is 5.69 Å². The molecular formula is C21H25FN2O. The smallest absolute Gasteiger partial charge is 0.292 e. The van der Waals surface area contributed by atoms with Crippen LogP contribution >= 0.6 is 0 Å². The molecule has 1 heterocycles. The van der Waals surface area contributed by atoms with E-state index in [9.17, 15) is 9.18 Å². The fraction of sp³-hybridized carbons (Fsp3) is 0.429. The number of nitrogens with zero attached hydrogens (tertiary/aromatic N) is 2. The summed E-state index contributed by atoms with van der Waals surface area (Å²) in [5, 5.41) is 0. The Kier molecular flexibility index (Phi) is 5.79. The van der Waals surface area contributed by atoms with Crippen molar-refractivity contribution in [3.05, 3.63) is 64.5 Å². The van der Waals surface area contributed by atoms with Gasteiger partial charge in [-0.1, -0.05) is 31.8 Å². The van der Waals surface area contributed by atoms with E-state index in [1.807, 2.05) is 0 Å². The van der Waals surface area contributed by atoms with Gasteiger partial charge in [-0.2, -0.15) is 4.98 Å². The lowest BCUT2D eigenvalue weighted by atomic mass is 9.94. The maximum Gasteiger partial charge on any atom is 0.348 e. The van der Waals surface area contributed by atoms with Crippen molar-refractivity contribution >= 4 is 0 Å². The van der Waals surface area contributed by atoms with E-state index in [4.69, 9.17) is 0 Å². The summed E-state index contributed by atoms with van der Waals surface area (Å²) < 4.78 is 15.1. The molecule has 3 nitrogen and oxygen atoms in total. The van der Waals surface area contributed by atoms with Crippen LogP contribution in [0.1, 0.15) is 49.8 Å². The fourth-order valence-corrected chi connectivity index (χ4v) is 3.65. The van der Waals surface area contributed by atoms with Crippen LogP contribution in [0.4, 0.5) is 4.39 Å². The van der Waals surface area contributed by atoms with Gasteiger partial charge in [0.1, 0.15) is 5.82 Å². The highest BCUT2D eigenvalue weighted by Crippen LogP contribution is 2.27. The van der Waals surface area contributed by atoms with Gasteiger partial charge in [0, 0.05) is 17.8 Å². The SMILES string of the molecule is C=CCn1c2c(c(-c3ccc(F)cc3)nc1=O)CCCCCCCC2. The number of hydrogen-bond donors (Lipinski definition) is 0. The van der Waals surface area contributed by atoms with E-state index in [1.165, 1.54) is 37.8 Å². The van der Waals surface area contributed by atoms with Crippen LogP contribution in [0.5, 0.6) is 0 Å². The Bertz CT molecular complexity index is 793. The van der Waals surface area contributed by atoms with Crippen molar-refractivity contribution in [1.29, 1.82) is 0 Å². The standard InChI is InChI=1S/C21H25FN2O/c1-2-15-24-19-10-8-6-4-3-5-7-9-18(19)20(23-21(24)25)16-11-13-17(22)14-12-16/h2,11-14H,1,3-10,15H2. The average Bonchev–Trinajstić information content (AvgIpc) is 2.62. The van der Waals surface area contributed by atoms with Crippen LogP contribution in [-0.2, 0) is 19.4 Å². The van der Waals surface area contributed by atoms with E-state index < -0.39 is 0 Å². The Morgan fingerprint density at radius 2 is 1.68 bits per heavy atom. The second-order valence-corrected chi connectivity index (χ2v) is 6.70. The molecule has 0 aliphatic heterocycles. The minimum atomic E-state index is -0.278. The van der Waals surface area contributed by atoms with Crippen molar-refractivity contribution in [2.45, 2.75) is 57.9 Å². The Balaban J connectivity index is 2.17. The molecule has 2 aromatic rings. The number of halogens is 1. The summed E-state index contributed by atoms with van der Waals surface area (Å²) in [6.45, 7) is 4.27. The van der Waals surface area contributed by atoms with E-state index >= 15 is 0 Å². The normalized spacial score (nSPS) is 15.4. The third kappa shape index (κ3) is 4.06. The van der Waals surface area contributed by atoms with Gasteiger partial charge < -0.3 is 0 Å². The summed E-state index contributed by atoms with van der Waals surface area (Å²) in [6, 6.07) is 6.29. The fourth-order valence-electron chi connectivity index (χ4n) is 3.65. The van der Waals surface area contributed by atoms with Gasteiger partial charge in [-0.3, -0.25) is 4.57 Å². The number of fused-ring (bicyclic) bond motifs is 1. The number of aromatic nitrogens is 2. The first-order valence-corrected chi connectivity index (χ1v) is 9.20. The number of benzene rings is 1. The predicted octanol–water partition coefficient (Wildman–Crippen LogP) is 4.67. The molecule has 1 aromatic carbocycles. The summed E-state index contributed by atoms with van der Waals surface area (Å²) in [4.78, 5) is 17.0. The van der Waals surface area contributed by atoms with Gasteiger partial charge in [-0.25, -0.2) is 9.18 Å². The second kappa shape index (κ2) is 8.24. The molecule has 0 saturated carbocycles. The summed E-state index contributed by atoms with van der Waals surface area (Å²) in [7, 11) is 0. The topological polar surface area (TPSA) is 34.9 Å². The van der Waals surface area contributed by atoms with Crippen molar-refractivity contribution < 1.29 is 4.39 Å². The Morgan fingerprint density at radius 1 is 1.04 bits per heavy atom. The summed E-state index contributed by atoms with van der Waals surface area (Å²) in [5.41, 5.74) is 3.53. The van der Waals surface area contributed by atoms with Gasteiger partial charge in [-0.05, 0) is 55.5 Å². The molecule has 0 saturated heterocycles. The first-order chi connectivity index (χ1) is 12.2. The largest absolute Gasteiger partial charge is 0.348 e. The van der Waals surface area contributed by atoms with Crippen LogP contribution in [0, 0.1) is 5.82 Å². The van der Waals surface area contributed by atoms with Crippen LogP contribution in [0.3, 0.4) is 0 Å². The third-order valence-electron chi connectivity index (χ3n) is 4.92. The van der Waals surface area contributed by atoms with E-state index in [0.29, 0.717) is 6.54 Å². The van der Waals surface area contributed by atoms with E-state index in [-0.39, 0.29) is 11.5 Å². The van der Waals surface area contributed by atoms with Crippen LogP contribution < -0.4 is 5.69 Å². The highest BCUT2D eigenvalue weighted by atomic mass is 19.1. The maximum atomic E-state index is 13.3. The zero-order chi connectivity index (χ0) is 17.6. The molecule has 1 aliphatic carbocycles. The molecule has 0 N–H and O–H groups in total. The average molecular weight is 340 g/mol. The molecule has 0 bridgehead atoms. The third-order valence-corrected chi connectivity index (χ3v) is 4.92. The molecule has 0 unspecified atom stereocenters. The lowest BCUT2D eigenvalue weighted by Gasteiger charge is -2.20. The van der Waals surface area contributed by atoms with Crippen LogP contribution in [-0.4, -0.2) is 9.55 Å². The van der Waals surface area contributed by atoms with Gasteiger partial charge in [0.25, 0.3) is 0 Å². The number of allylic oxidation sites excluding steroid dienone is 1. The first-order valence-electron chi connectivity index (χ1n) is 9.20. The molecule has 132 valence electrons. The van der Waals surface area contributed by atoms with E-state index in [0.717, 1.165) is 48.2 Å². The Hall–Kier alpha value is -2.23. The van der Waals surface area contributed by atoms with Crippen LogP contribution in [0.2, 0.25) is 0 Å². The molecule has 0 spiro atoms. The molecule has 4 heteroatoms. The summed E-state index contributed by atoms with van der Waals surface area (Å²) in [5.74, 6) is -0.278. The van der Waals surface area contributed by atoms with E-state index in [1.54, 1.807) is 22.8 Å². The van der Waals surface area contributed by atoms with Gasteiger partial charge in [0.15, 0.2) is 0 Å². The zero-order valence-electron chi connectivity index (χ0n) is 14.6. The molecule has 1 aromatic heterocycles. The summed E-state index contributed by atoms with van der Waals surface area (Å²) in [6.07, 6.45) is 10.6. The van der Waals surface area contributed by atoms with Gasteiger partial charge in [0.2, 0.25) is 0 Å². The van der Waals surface area contributed by atoms with Crippen LogP contribution in [0.15, 0.2) is 41.7 Å². The van der Waals surface area contributed by atoms with Crippen molar-refractivity contribution in [3.63, 3.8) is 0 Å². The lowest BCUT2D eigenvalue weighted by molar-refractivity contribution is 0.556. The minimum Gasteiger partial charge on any atom is -0.292 e. The van der Waals surface area contributed by atoms with Crippen LogP contribution in [0.25, 0.3) is 11.3 Å². The van der Waals surface area contributed by atoms with Crippen molar-refractivity contribution in [2.75, 3.05) is 0 Å². The monoisotopic (exact) mass is 340 g/mol. The van der Waals surface area contributed by atoms with Crippen molar-refractivity contribution in [2.24, 2.45) is 0 Å². The van der Waals surface area contributed by atoms with E-state index in [2.05, 4.69) is 11.6 Å². The van der Waals surface area contributed by atoms with Crippen molar-refractivity contribution in [3.8, 4) is 11.3 Å². The molecule has 1 aliphatic rings. The lowest BCUT2D eigenvalue weighted by Crippen LogP contribution is -2.28. The molecule has 25 heavy (non-hydrogen) atoms. The molecule has 0 atom stereocenters. The Labute approximate surface area is 148 Å². The van der Waals surface area contributed by atoms with Gasteiger partial charge >= 0.3 is 5.69 Å². The van der Waals surface area contributed by atoms with Crippen molar-refractivity contribution in [1.82, 2.24) is 9.55 Å². The molecule has 0 fully saturated rings. The number of rotatable bonds is 3. The van der Waals surface area contributed by atoms with Gasteiger partial charge in [-0.15, -0.1) is 6.58 Å². The molecule has 0 radical (unpaired) electrons. The zero-order valence-corrected chi connectivity index (χ0v) is 14.6. The maximum absolute atomic E-state index is 13.3. The molecule has 0 amide bonds. The second-order valence-electron chi connectivity index (χ2n) is 6.70. The first kappa shape index (κ1) is 17.6. The predicted molar refractivity (Wildman–Crippen MR) is 99.2 cm³/mol. The minimum absolute atomic E-state index is 0.241. The Morgan fingerprint density at radius 3 is 2.36 bits per heavy atom. The number of hydrogen-bond acceptors (Lipinski definition) is 2. The quantitative estimate of drug-likeness (QED) is 0.761. The highest BCUT2D eigenvalue weighted by Gasteiger charge is 2.18. The molecular weight excluding hydrogens is 315 g/mol. The summed E-state index contributed by atoms with van der Waals surface area (Å²) >= 11 is 0. The molecule has 3 rings (SSSR count).